The Morgan fingerprint density at radius 3 is 2.37 bits per heavy atom. The predicted molar refractivity (Wildman–Crippen MR) is 223 cm³/mol. The Morgan fingerprint density at radius 2 is 1.71 bits per heavy atom. The number of aliphatic hydroxyl groups excluding tert-OH is 1. The molecule has 1 atom stereocenters. The van der Waals surface area contributed by atoms with Crippen LogP contribution in [0.5, 0.6) is 11.8 Å². The predicted octanol–water partition coefficient (Wildman–Crippen LogP) is 7.21. The summed E-state index contributed by atoms with van der Waals surface area (Å²) in [4.78, 5) is 34.2. The molecule has 0 radical (unpaired) electrons. The van der Waals surface area contributed by atoms with Crippen molar-refractivity contribution in [3.05, 3.63) is 101 Å². The summed E-state index contributed by atoms with van der Waals surface area (Å²) >= 11 is 0. The van der Waals surface area contributed by atoms with Gasteiger partial charge in [0, 0.05) is 36.4 Å². The molecular formula is C41H48Cl2N8O8. The number of aromatic amines is 1. The van der Waals surface area contributed by atoms with Crippen molar-refractivity contribution in [3.8, 4) is 34.3 Å². The van der Waals surface area contributed by atoms with E-state index in [9.17, 15) is 14.7 Å². The van der Waals surface area contributed by atoms with E-state index in [-0.39, 0.29) is 55.4 Å². The lowest BCUT2D eigenvalue weighted by atomic mass is 9.98. The highest BCUT2D eigenvalue weighted by Gasteiger charge is 2.25. The average molecular weight is 852 g/mol. The van der Waals surface area contributed by atoms with Crippen molar-refractivity contribution >= 4 is 48.0 Å². The van der Waals surface area contributed by atoms with Gasteiger partial charge in [0.2, 0.25) is 12.1 Å². The van der Waals surface area contributed by atoms with Crippen LogP contribution < -0.4 is 10.5 Å². The topological polar surface area (TPSA) is 223 Å². The van der Waals surface area contributed by atoms with Gasteiger partial charge in [-0.3, -0.25) is 9.55 Å². The Labute approximate surface area is 353 Å². The highest BCUT2D eigenvalue weighted by atomic mass is 35.5. The molecular weight excluding hydrogens is 803 g/mol. The molecule has 314 valence electrons. The summed E-state index contributed by atoms with van der Waals surface area (Å²) in [6.07, 6.45) is 4.18. The van der Waals surface area contributed by atoms with Gasteiger partial charge in [-0.05, 0) is 73.6 Å². The van der Waals surface area contributed by atoms with Crippen LogP contribution in [0.2, 0.25) is 0 Å². The number of fused-ring (bicyclic) bond motifs is 1. The van der Waals surface area contributed by atoms with Crippen molar-refractivity contribution in [3.63, 3.8) is 0 Å². The fraction of sp³-hybridized carbons (Fsp3) is 0.341. The minimum Gasteiger partial charge on any atom is -0.506 e. The maximum atomic E-state index is 13.4. The van der Waals surface area contributed by atoms with Crippen molar-refractivity contribution < 1.29 is 38.7 Å². The van der Waals surface area contributed by atoms with Crippen molar-refractivity contribution in [1.29, 1.82) is 0 Å². The Morgan fingerprint density at radius 1 is 0.983 bits per heavy atom. The standard InChI is InChI=1S/C33H34N6O6.C8H12N2O2.2ClH/c1-3-42-32-34-28-15-9-14-27(31(40)43-21(2)44-33(41)45-24-10-5-4-6-11-24)29(28)39(32)20-22-16-18-23(19-17-22)25-12-7-8-13-26(25)30-35-37-38-36-30;1-5-8(12)7(2-9)6(4-11)3-10-5;;/h7-9,12-19,21,24H,3-6,10-11,20H2,1-2H3,(H,35,36,37,38);3,11-12H,2,4,9H2,1H3;2*1H. The van der Waals surface area contributed by atoms with Crippen LogP contribution in [0.1, 0.15) is 78.7 Å². The lowest BCUT2D eigenvalue weighted by molar-refractivity contribution is -0.0914. The van der Waals surface area contributed by atoms with Gasteiger partial charge in [-0.15, -0.1) is 35.0 Å². The molecule has 0 bridgehead atoms. The van der Waals surface area contributed by atoms with E-state index in [0.717, 1.165) is 54.4 Å². The van der Waals surface area contributed by atoms with Crippen LogP contribution in [-0.2, 0) is 33.9 Å². The third kappa shape index (κ3) is 11.2. The van der Waals surface area contributed by atoms with Gasteiger partial charge in [-0.25, -0.2) is 9.59 Å². The van der Waals surface area contributed by atoms with Gasteiger partial charge < -0.3 is 34.9 Å². The molecule has 0 amide bonds. The first-order chi connectivity index (χ1) is 27.7. The highest BCUT2D eigenvalue weighted by molar-refractivity contribution is 6.02. The first-order valence-corrected chi connectivity index (χ1v) is 18.8. The summed E-state index contributed by atoms with van der Waals surface area (Å²) < 4.78 is 23.9. The number of carbonyl (C=O) groups excluding carboxylic acids is 2. The summed E-state index contributed by atoms with van der Waals surface area (Å²) in [5.74, 6) is -0.0543. The monoisotopic (exact) mass is 850 g/mol. The SMILES string of the molecule is CCOc1nc2cccc(C(=O)OC(C)OC(=O)OC3CCCCC3)c2n1Cc1ccc(-c2ccccc2-c2nn[nH]n2)cc1.Cc1ncc(CO)c(CN)c1O.Cl.Cl. The van der Waals surface area contributed by atoms with Crippen LogP contribution in [0.25, 0.3) is 33.5 Å². The zero-order chi connectivity index (χ0) is 40.3. The number of aliphatic hydroxyl groups is 1. The minimum absolute atomic E-state index is 0. The van der Waals surface area contributed by atoms with Crippen LogP contribution in [0, 0.1) is 6.92 Å². The van der Waals surface area contributed by atoms with Crippen molar-refractivity contribution in [2.75, 3.05) is 6.61 Å². The van der Waals surface area contributed by atoms with E-state index in [1.165, 1.54) is 13.1 Å². The van der Waals surface area contributed by atoms with E-state index in [1.807, 2.05) is 66.1 Å². The molecule has 1 saturated carbocycles. The number of esters is 1. The summed E-state index contributed by atoms with van der Waals surface area (Å²) in [7, 11) is 0. The maximum absolute atomic E-state index is 13.4. The number of nitrogens with one attached hydrogen (secondary N) is 1. The van der Waals surface area contributed by atoms with E-state index < -0.39 is 18.4 Å². The number of H-pyrrole nitrogens is 1. The van der Waals surface area contributed by atoms with Gasteiger partial charge in [-0.1, -0.05) is 61.0 Å². The number of nitrogens with zero attached hydrogens (tertiary/aromatic N) is 6. The number of carbonyl (C=O) groups is 2. The number of tetrazole rings is 1. The smallest absolute Gasteiger partial charge is 0.506 e. The lowest BCUT2D eigenvalue weighted by Gasteiger charge is -2.22. The number of nitrogens with two attached hydrogens (primary N) is 1. The molecule has 7 rings (SSSR count). The third-order valence-electron chi connectivity index (χ3n) is 9.50. The van der Waals surface area contributed by atoms with Crippen LogP contribution in [0.15, 0.2) is 72.9 Å². The Balaban J connectivity index is 0.000000475. The molecule has 18 heteroatoms. The number of para-hydroxylation sites is 1. The quantitative estimate of drug-likeness (QED) is 0.0706. The molecule has 0 saturated heterocycles. The Bertz CT molecular complexity index is 2280. The summed E-state index contributed by atoms with van der Waals surface area (Å²) in [5.41, 5.74) is 12.3. The summed E-state index contributed by atoms with van der Waals surface area (Å²) in [6, 6.07) is 21.5. The summed E-state index contributed by atoms with van der Waals surface area (Å²) in [6.45, 7) is 5.89. The maximum Gasteiger partial charge on any atom is 0.511 e. The number of hydrogen-bond acceptors (Lipinski definition) is 14. The molecule has 5 N–H and O–H groups in total. The van der Waals surface area contributed by atoms with Crippen molar-refractivity contribution in [2.45, 2.75) is 85.0 Å². The molecule has 0 aliphatic heterocycles. The van der Waals surface area contributed by atoms with Crippen molar-refractivity contribution in [1.82, 2.24) is 35.2 Å². The lowest BCUT2D eigenvalue weighted by Crippen LogP contribution is -2.26. The molecule has 1 aliphatic carbocycles. The van der Waals surface area contributed by atoms with Gasteiger partial charge in [0.05, 0.1) is 42.0 Å². The highest BCUT2D eigenvalue weighted by Crippen LogP contribution is 2.32. The number of rotatable bonds is 12. The molecule has 1 fully saturated rings. The molecule has 3 aromatic carbocycles. The first kappa shape index (κ1) is 45.9. The minimum atomic E-state index is -1.14. The third-order valence-corrected chi connectivity index (χ3v) is 9.50. The zero-order valence-corrected chi connectivity index (χ0v) is 34.5. The number of hydrogen-bond donors (Lipinski definition) is 4. The van der Waals surface area contributed by atoms with Crippen LogP contribution in [-0.4, -0.2) is 76.5 Å². The number of ether oxygens (including phenoxy) is 4. The number of imidazole rings is 1. The number of aromatic hydroxyl groups is 1. The Hall–Kier alpha value is -5.81. The van der Waals surface area contributed by atoms with Gasteiger partial charge in [0.15, 0.2) is 0 Å². The first-order valence-electron chi connectivity index (χ1n) is 18.8. The zero-order valence-electron chi connectivity index (χ0n) is 32.9. The molecule has 59 heavy (non-hydrogen) atoms. The molecule has 3 heterocycles. The van der Waals surface area contributed by atoms with E-state index in [4.69, 9.17) is 29.8 Å². The molecule has 6 aromatic rings. The van der Waals surface area contributed by atoms with Crippen LogP contribution in [0.4, 0.5) is 4.79 Å². The number of aromatic nitrogens is 7. The van der Waals surface area contributed by atoms with Crippen LogP contribution >= 0.6 is 24.8 Å². The number of halogens is 2. The van der Waals surface area contributed by atoms with E-state index in [1.54, 1.807) is 19.1 Å². The van der Waals surface area contributed by atoms with E-state index in [2.05, 4.69) is 30.6 Å². The fourth-order valence-corrected chi connectivity index (χ4v) is 6.66. The summed E-state index contributed by atoms with van der Waals surface area (Å²) in [5, 5.41) is 32.8. The molecule has 1 unspecified atom stereocenters. The van der Waals surface area contributed by atoms with Gasteiger partial charge in [-0.2, -0.15) is 10.2 Å². The number of pyridine rings is 1. The molecule has 1 aliphatic rings. The number of aryl methyl sites for hydroxylation is 1. The number of benzene rings is 3. The molecule has 0 spiro atoms. The Kier molecular flexibility index (Phi) is 17.0. The second-order valence-electron chi connectivity index (χ2n) is 13.3. The average Bonchev–Trinajstić information content (AvgIpc) is 3.88. The second kappa shape index (κ2) is 21.8. The van der Waals surface area contributed by atoms with Crippen molar-refractivity contribution in [2.24, 2.45) is 5.73 Å². The van der Waals surface area contributed by atoms with E-state index >= 15 is 0 Å². The largest absolute Gasteiger partial charge is 0.511 e. The normalized spacial score (nSPS) is 12.9. The van der Waals surface area contributed by atoms with E-state index in [0.29, 0.717) is 52.8 Å². The van der Waals surface area contributed by atoms with Crippen LogP contribution in [0.3, 0.4) is 0 Å². The molecule has 16 nitrogen and oxygen atoms in total. The van der Waals surface area contributed by atoms with Gasteiger partial charge >= 0.3 is 12.1 Å². The van der Waals surface area contributed by atoms with Gasteiger partial charge in [0.1, 0.15) is 11.9 Å². The fourth-order valence-electron chi connectivity index (χ4n) is 6.66. The second-order valence-corrected chi connectivity index (χ2v) is 13.3. The molecule has 3 aromatic heterocycles. The van der Waals surface area contributed by atoms with Gasteiger partial charge in [0.25, 0.3) is 6.01 Å².